The lowest BCUT2D eigenvalue weighted by Gasteiger charge is -2.20. The number of nitrogens with zero attached hydrogens (tertiary/aromatic N) is 7. The van der Waals surface area contributed by atoms with Crippen LogP contribution in [0.3, 0.4) is 0 Å². The van der Waals surface area contributed by atoms with Crippen molar-refractivity contribution in [2.45, 2.75) is 25.4 Å². The third kappa shape index (κ3) is 6.29. The first-order valence-corrected chi connectivity index (χ1v) is 14.1. The maximum absolute atomic E-state index is 9.48. The normalized spacial score (nSPS) is 13.6. The third-order valence-electron chi connectivity index (χ3n) is 7.35. The third-order valence-corrected chi connectivity index (χ3v) is 7.35. The topological polar surface area (TPSA) is 105 Å². The van der Waals surface area contributed by atoms with Gasteiger partial charge in [-0.1, -0.05) is 53.7 Å². The highest BCUT2D eigenvalue weighted by Crippen LogP contribution is 2.29. The van der Waals surface area contributed by atoms with Gasteiger partial charge in [0.2, 0.25) is 0 Å². The molecule has 42 heavy (non-hydrogen) atoms. The van der Waals surface area contributed by atoms with E-state index in [9.17, 15) is 5.26 Å². The number of hydrogen-bond donors (Lipinski definition) is 1. The van der Waals surface area contributed by atoms with Crippen LogP contribution in [0.4, 0.5) is 11.6 Å². The van der Waals surface area contributed by atoms with Gasteiger partial charge in [0, 0.05) is 31.3 Å². The summed E-state index contributed by atoms with van der Waals surface area (Å²) in [4.78, 5) is 12.1. The summed E-state index contributed by atoms with van der Waals surface area (Å²) in [7, 11) is 1.69. The van der Waals surface area contributed by atoms with Gasteiger partial charge in [-0.05, 0) is 54.8 Å². The summed E-state index contributed by atoms with van der Waals surface area (Å²) >= 11 is 0. The largest absolute Gasteiger partial charge is 0.382 e. The molecule has 1 fully saturated rings. The number of rotatable bonds is 10. The molecule has 5 aromatic rings. The molecule has 0 unspecified atom stereocenters. The maximum atomic E-state index is 9.48. The summed E-state index contributed by atoms with van der Waals surface area (Å²) in [6.45, 7) is 3.09. The van der Waals surface area contributed by atoms with E-state index in [1.54, 1.807) is 13.2 Å². The minimum atomic E-state index is -0.109. The predicted octanol–water partition coefficient (Wildman–Crippen LogP) is 5.72. The van der Waals surface area contributed by atoms with Crippen molar-refractivity contribution in [3.05, 3.63) is 108 Å². The van der Waals surface area contributed by atoms with Crippen LogP contribution in [0.25, 0.3) is 22.5 Å². The van der Waals surface area contributed by atoms with Gasteiger partial charge < -0.3 is 15.0 Å². The molecule has 1 aliphatic heterocycles. The van der Waals surface area contributed by atoms with Crippen LogP contribution in [0.1, 0.15) is 35.7 Å². The van der Waals surface area contributed by atoms with Gasteiger partial charge in [0.25, 0.3) is 0 Å². The lowest BCUT2D eigenvalue weighted by molar-refractivity contribution is 0.186. The van der Waals surface area contributed by atoms with Crippen LogP contribution < -0.4 is 10.2 Å². The Bertz CT molecular complexity index is 1690. The number of aromatic nitrogens is 5. The van der Waals surface area contributed by atoms with Crippen molar-refractivity contribution in [3.8, 4) is 28.6 Å². The summed E-state index contributed by atoms with van der Waals surface area (Å²) in [6.07, 6.45) is 4.35. The molecule has 0 radical (unpaired) electrons. The molecule has 0 bridgehead atoms. The minimum absolute atomic E-state index is 0.109. The molecular formula is C33H32N8O. The Balaban J connectivity index is 1.32. The van der Waals surface area contributed by atoms with E-state index in [1.807, 2.05) is 65.5 Å². The second-order valence-electron chi connectivity index (χ2n) is 10.4. The monoisotopic (exact) mass is 556 g/mol. The Labute approximate surface area is 245 Å². The quantitative estimate of drug-likeness (QED) is 0.233. The van der Waals surface area contributed by atoms with Crippen molar-refractivity contribution in [2.75, 3.05) is 37.0 Å². The Morgan fingerprint density at radius 3 is 2.55 bits per heavy atom. The first-order valence-electron chi connectivity index (χ1n) is 14.1. The van der Waals surface area contributed by atoms with Crippen molar-refractivity contribution >= 4 is 11.6 Å². The molecule has 210 valence electrons. The van der Waals surface area contributed by atoms with E-state index < -0.39 is 0 Å². The molecule has 3 aromatic heterocycles. The van der Waals surface area contributed by atoms with E-state index in [-0.39, 0.29) is 6.04 Å². The Kier molecular flexibility index (Phi) is 8.15. The van der Waals surface area contributed by atoms with Crippen LogP contribution in [0.15, 0.2) is 91.1 Å². The van der Waals surface area contributed by atoms with Gasteiger partial charge in [0.15, 0.2) is 0 Å². The first kappa shape index (κ1) is 27.1. The molecule has 0 spiro atoms. The highest BCUT2D eigenvalue weighted by molar-refractivity contribution is 5.72. The molecule has 0 saturated carbocycles. The molecule has 1 saturated heterocycles. The predicted molar refractivity (Wildman–Crippen MR) is 163 cm³/mol. The minimum Gasteiger partial charge on any atom is -0.382 e. The molecule has 2 aromatic carbocycles. The zero-order chi connectivity index (χ0) is 28.7. The summed E-state index contributed by atoms with van der Waals surface area (Å²) in [6, 6.07) is 29.8. The second-order valence-corrected chi connectivity index (χ2v) is 10.4. The number of nitrogens with one attached hydrogen (secondary N) is 1. The van der Waals surface area contributed by atoms with Crippen molar-refractivity contribution < 1.29 is 4.74 Å². The van der Waals surface area contributed by atoms with E-state index in [0.717, 1.165) is 52.7 Å². The Morgan fingerprint density at radius 1 is 0.905 bits per heavy atom. The fraction of sp³-hybridized carbons (Fsp3) is 0.242. The van der Waals surface area contributed by atoms with E-state index in [1.165, 1.54) is 12.8 Å². The molecule has 0 aliphatic carbocycles. The number of hydrogen-bond acceptors (Lipinski definition) is 8. The molecule has 4 heterocycles. The smallest absolute Gasteiger partial charge is 0.128 e. The molecule has 0 amide bonds. The van der Waals surface area contributed by atoms with E-state index in [2.05, 4.69) is 50.9 Å². The maximum Gasteiger partial charge on any atom is 0.128 e. The number of pyridine rings is 2. The average Bonchev–Trinajstić information content (AvgIpc) is 3.75. The summed E-state index contributed by atoms with van der Waals surface area (Å²) < 4.78 is 7.34. The first-order chi connectivity index (χ1) is 20.7. The molecular weight excluding hydrogens is 524 g/mol. The van der Waals surface area contributed by atoms with Gasteiger partial charge in [0.1, 0.15) is 17.3 Å². The van der Waals surface area contributed by atoms with Crippen molar-refractivity contribution in [1.82, 2.24) is 25.0 Å². The number of nitriles is 1. The highest BCUT2D eigenvalue weighted by Gasteiger charge is 2.17. The van der Waals surface area contributed by atoms with Gasteiger partial charge in [-0.3, -0.25) is 0 Å². The zero-order valence-electron chi connectivity index (χ0n) is 23.5. The highest BCUT2D eigenvalue weighted by atomic mass is 16.5. The Hall–Kier alpha value is -5.07. The zero-order valence-corrected chi connectivity index (χ0v) is 23.5. The second kappa shape index (κ2) is 12.6. The molecule has 1 atom stereocenters. The van der Waals surface area contributed by atoms with Gasteiger partial charge in [-0.25, -0.2) is 14.6 Å². The van der Waals surface area contributed by atoms with E-state index >= 15 is 0 Å². The van der Waals surface area contributed by atoms with Crippen LogP contribution in [0.5, 0.6) is 0 Å². The molecule has 1 N–H and O–H groups in total. The number of anilines is 2. The molecule has 1 aliphatic rings. The van der Waals surface area contributed by atoms with Crippen LogP contribution in [-0.2, 0) is 11.3 Å². The fourth-order valence-electron chi connectivity index (χ4n) is 5.25. The number of ether oxygens (including phenoxy) is 1. The van der Waals surface area contributed by atoms with Crippen molar-refractivity contribution in [2.24, 2.45) is 0 Å². The number of benzene rings is 2. The van der Waals surface area contributed by atoms with Gasteiger partial charge in [-0.15, -0.1) is 5.10 Å². The summed E-state index contributed by atoms with van der Waals surface area (Å²) in [5.74, 6) is 1.69. The molecule has 6 rings (SSSR count). The number of methoxy groups -OCH3 is 1. The Morgan fingerprint density at radius 2 is 1.74 bits per heavy atom. The van der Waals surface area contributed by atoms with Crippen LogP contribution in [0.2, 0.25) is 0 Å². The van der Waals surface area contributed by atoms with Crippen molar-refractivity contribution in [3.63, 3.8) is 0 Å². The molecule has 9 heteroatoms. The molecule has 9 nitrogen and oxygen atoms in total. The SMILES string of the molecule is COC[C@@H](Nc1cc(-c2cn(Cc3cccc(N4CCCC4)n3)nn2)cc(-c2cccc(C#N)c2)n1)c1ccccc1. The summed E-state index contributed by atoms with van der Waals surface area (Å²) in [5, 5.41) is 22.0. The van der Waals surface area contributed by atoms with Crippen LogP contribution >= 0.6 is 0 Å². The summed E-state index contributed by atoms with van der Waals surface area (Å²) in [5.41, 5.74) is 5.76. The lowest BCUT2D eigenvalue weighted by atomic mass is 10.0. The van der Waals surface area contributed by atoms with Crippen molar-refractivity contribution in [1.29, 1.82) is 5.26 Å². The fourth-order valence-corrected chi connectivity index (χ4v) is 5.25. The van der Waals surface area contributed by atoms with E-state index in [0.29, 0.717) is 24.5 Å². The van der Waals surface area contributed by atoms with E-state index in [4.69, 9.17) is 14.7 Å². The van der Waals surface area contributed by atoms with Gasteiger partial charge in [-0.2, -0.15) is 5.26 Å². The van der Waals surface area contributed by atoms with Gasteiger partial charge >= 0.3 is 0 Å². The lowest BCUT2D eigenvalue weighted by Crippen LogP contribution is -2.19. The van der Waals surface area contributed by atoms with Gasteiger partial charge in [0.05, 0.1) is 48.4 Å². The average molecular weight is 557 g/mol. The van der Waals surface area contributed by atoms with Crippen LogP contribution in [0, 0.1) is 11.3 Å². The standard InChI is InChI=1S/C33H32N8O/c1-42-23-31(25-10-3-2-4-11-25)37-32-19-27(18-29(36-32)26-12-7-9-24(17-26)20-34)30-22-41(39-38-30)21-28-13-8-14-33(35-28)40-15-5-6-16-40/h2-4,7-14,17-19,22,31H,5-6,15-16,21,23H2,1H3,(H,36,37)/t31-/m1/s1. The van der Waals surface area contributed by atoms with Crippen LogP contribution in [-0.4, -0.2) is 51.8 Å².